The Morgan fingerprint density at radius 2 is 2.00 bits per heavy atom. The van der Waals surface area contributed by atoms with Gasteiger partial charge in [-0.05, 0) is 13.8 Å². The molecule has 0 spiro atoms. The average Bonchev–Trinajstić information content (AvgIpc) is 2.86. The largest absolute Gasteiger partial charge is 0.468 e. The zero-order chi connectivity index (χ0) is 18.3. The lowest BCUT2D eigenvalue weighted by Crippen LogP contribution is -2.33. The summed E-state index contributed by atoms with van der Waals surface area (Å²) in [7, 11) is 3.06. The molecule has 1 aromatic carbocycles. The Balaban J connectivity index is 2.33. The molecule has 1 aliphatic rings. The first-order valence-electron chi connectivity index (χ1n) is 7.76. The van der Waals surface area contributed by atoms with Crippen molar-refractivity contribution < 1.29 is 14.5 Å². The van der Waals surface area contributed by atoms with Crippen molar-refractivity contribution in [3.05, 3.63) is 51.2 Å². The molecule has 1 aliphatic heterocycles. The maximum Gasteiger partial charge on any atom is 0.315 e. The number of hydrogen-bond donors (Lipinski definition) is 0. The molecule has 0 radical (unpaired) electrons. The van der Waals surface area contributed by atoms with Crippen LogP contribution >= 0.6 is 0 Å². The zero-order valence-electron chi connectivity index (χ0n) is 14.4. The molecule has 2 aromatic rings. The average molecular weight is 342 g/mol. The third-order valence-electron chi connectivity index (χ3n) is 4.54. The number of methoxy groups -OCH3 is 1. The molecule has 0 amide bonds. The number of ether oxygens (including phenoxy) is 1. The van der Waals surface area contributed by atoms with Gasteiger partial charge in [0.1, 0.15) is 5.92 Å². The highest BCUT2D eigenvalue weighted by Gasteiger charge is 2.43. The summed E-state index contributed by atoms with van der Waals surface area (Å²) < 4.78 is 6.59. The second kappa shape index (κ2) is 6.12. The molecule has 2 unspecified atom stereocenters. The van der Waals surface area contributed by atoms with E-state index in [1.807, 2.05) is 6.92 Å². The highest BCUT2D eigenvalue weighted by Crippen LogP contribution is 2.46. The fraction of sp³-hybridized carbons (Fsp3) is 0.353. The maximum absolute atomic E-state index is 12.5. The van der Waals surface area contributed by atoms with Crippen LogP contribution in [0.5, 0.6) is 0 Å². The van der Waals surface area contributed by atoms with Crippen LogP contribution in [-0.2, 0) is 16.6 Å². The van der Waals surface area contributed by atoms with Crippen LogP contribution in [0.3, 0.4) is 0 Å². The Hall–Kier alpha value is -3.03. The van der Waals surface area contributed by atoms with Gasteiger partial charge in [-0.25, -0.2) is 4.99 Å². The van der Waals surface area contributed by atoms with Crippen molar-refractivity contribution in [1.29, 1.82) is 0 Å². The minimum atomic E-state index is -0.735. The van der Waals surface area contributed by atoms with Gasteiger partial charge in [0.2, 0.25) is 0 Å². The highest BCUT2D eigenvalue weighted by atomic mass is 16.6. The molecule has 0 fully saturated rings. The van der Waals surface area contributed by atoms with Gasteiger partial charge in [-0.1, -0.05) is 18.2 Å². The minimum Gasteiger partial charge on any atom is -0.468 e. The van der Waals surface area contributed by atoms with E-state index in [-0.39, 0.29) is 5.69 Å². The molecule has 0 N–H and O–H groups in total. The van der Waals surface area contributed by atoms with Gasteiger partial charge in [0.15, 0.2) is 5.82 Å². The number of aromatic nitrogens is 2. The summed E-state index contributed by atoms with van der Waals surface area (Å²) in [4.78, 5) is 28.1. The van der Waals surface area contributed by atoms with Crippen LogP contribution in [0.4, 0.5) is 11.5 Å². The fourth-order valence-electron chi connectivity index (χ4n) is 3.49. The molecule has 2 heterocycles. The van der Waals surface area contributed by atoms with Crippen LogP contribution in [-0.4, -0.2) is 33.5 Å². The summed E-state index contributed by atoms with van der Waals surface area (Å²) in [6.45, 7) is 3.54. The van der Waals surface area contributed by atoms with Crippen LogP contribution in [0.15, 0.2) is 29.3 Å². The number of fused-ring (bicyclic) bond motifs is 1. The molecule has 0 aliphatic carbocycles. The van der Waals surface area contributed by atoms with E-state index in [1.54, 1.807) is 36.9 Å². The highest BCUT2D eigenvalue weighted by molar-refractivity contribution is 6.05. The lowest BCUT2D eigenvalue weighted by molar-refractivity contribution is -0.385. The molecule has 130 valence electrons. The molecule has 8 heteroatoms. The van der Waals surface area contributed by atoms with Crippen LogP contribution < -0.4 is 0 Å². The summed E-state index contributed by atoms with van der Waals surface area (Å²) in [5, 5.41) is 15.9. The number of esters is 1. The van der Waals surface area contributed by atoms with Gasteiger partial charge in [0.25, 0.3) is 5.69 Å². The molecule has 25 heavy (non-hydrogen) atoms. The lowest BCUT2D eigenvalue weighted by Gasteiger charge is -2.29. The normalized spacial score (nSPS) is 19.1. The zero-order valence-corrected chi connectivity index (χ0v) is 14.4. The van der Waals surface area contributed by atoms with Crippen LogP contribution in [0.2, 0.25) is 0 Å². The molecule has 8 nitrogen and oxygen atoms in total. The topological polar surface area (TPSA) is 99.6 Å². The summed E-state index contributed by atoms with van der Waals surface area (Å²) in [6.07, 6.45) is 0. The van der Waals surface area contributed by atoms with Gasteiger partial charge in [-0.3, -0.25) is 19.6 Å². The van der Waals surface area contributed by atoms with E-state index in [9.17, 15) is 14.9 Å². The van der Waals surface area contributed by atoms with Gasteiger partial charge in [0, 0.05) is 35.9 Å². The fourth-order valence-corrected chi connectivity index (χ4v) is 3.49. The Labute approximate surface area is 144 Å². The standard InChI is InChI=1S/C17H18N4O4/c1-9-14(17(22)25-4)15(11-7-5-6-8-12(11)21(23)24)13-10(2)19-20(3)16(13)18-9/h5-8,14-15H,1-4H3. The SMILES string of the molecule is COC(=O)C1C(C)=Nc2c(c(C)nn2C)C1c1ccccc1[N+](=O)[O-]. The van der Waals surface area contributed by atoms with Gasteiger partial charge < -0.3 is 4.74 Å². The number of hydrogen-bond acceptors (Lipinski definition) is 6. The van der Waals surface area contributed by atoms with E-state index in [1.165, 1.54) is 13.2 Å². The predicted molar refractivity (Wildman–Crippen MR) is 91.2 cm³/mol. The van der Waals surface area contributed by atoms with Gasteiger partial charge in [0.05, 0.1) is 17.7 Å². The smallest absolute Gasteiger partial charge is 0.315 e. The van der Waals surface area contributed by atoms with Gasteiger partial charge in [-0.15, -0.1) is 0 Å². The summed E-state index contributed by atoms with van der Waals surface area (Å²) >= 11 is 0. The van der Waals surface area contributed by atoms with Crippen molar-refractivity contribution in [2.45, 2.75) is 19.8 Å². The molecule has 2 atom stereocenters. The molecule has 0 bridgehead atoms. The number of carbonyl (C=O) groups is 1. The second-order valence-electron chi connectivity index (χ2n) is 5.99. The minimum absolute atomic E-state index is 0.0368. The molecule has 0 saturated carbocycles. The number of nitro benzene ring substituents is 1. The van der Waals surface area contributed by atoms with Crippen LogP contribution in [0, 0.1) is 23.0 Å². The monoisotopic (exact) mass is 342 g/mol. The van der Waals surface area contributed by atoms with Crippen LogP contribution in [0.1, 0.15) is 29.7 Å². The van der Waals surface area contributed by atoms with Crippen molar-refractivity contribution in [1.82, 2.24) is 9.78 Å². The third-order valence-corrected chi connectivity index (χ3v) is 4.54. The molecular formula is C17H18N4O4. The predicted octanol–water partition coefficient (Wildman–Crippen LogP) is 2.66. The van der Waals surface area contributed by atoms with Crippen molar-refractivity contribution in [2.75, 3.05) is 7.11 Å². The number of para-hydroxylation sites is 1. The number of aliphatic imine (C=N–C) groups is 1. The first-order valence-corrected chi connectivity index (χ1v) is 7.76. The number of aryl methyl sites for hydroxylation is 2. The van der Waals surface area contributed by atoms with Gasteiger partial charge >= 0.3 is 5.97 Å². The first kappa shape index (κ1) is 16.8. The second-order valence-corrected chi connectivity index (χ2v) is 5.99. The molecular weight excluding hydrogens is 324 g/mol. The molecule has 3 rings (SSSR count). The van der Waals surface area contributed by atoms with Crippen LogP contribution in [0.25, 0.3) is 0 Å². The Bertz CT molecular complexity index is 900. The number of nitro groups is 1. The van der Waals surface area contributed by atoms with E-state index >= 15 is 0 Å². The van der Waals surface area contributed by atoms with Gasteiger partial charge in [-0.2, -0.15) is 5.10 Å². The summed E-state index contributed by atoms with van der Waals surface area (Å²) in [5.74, 6) is -1.17. The maximum atomic E-state index is 12.5. The van der Waals surface area contributed by atoms with E-state index in [0.717, 1.165) is 5.56 Å². The number of carbonyl (C=O) groups excluding carboxylic acids is 1. The van der Waals surface area contributed by atoms with E-state index in [2.05, 4.69) is 10.1 Å². The third kappa shape index (κ3) is 2.59. The Morgan fingerprint density at radius 3 is 2.64 bits per heavy atom. The van der Waals surface area contributed by atoms with E-state index in [0.29, 0.717) is 22.8 Å². The number of nitrogens with zero attached hydrogens (tertiary/aromatic N) is 4. The van der Waals surface area contributed by atoms with Crippen molar-refractivity contribution >= 4 is 23.2 Å². The van der Waals surface area contributed by atoms with Crippen molar-refractivity contribution in [2.24, 2.45) is 18.0 Å². The van der Waals surface area contributed by atoms with Crippen molar-refractivity contribution in [3.63, 3.8) is 0 Å². The summed E-state index contributed by atoms with van der Waals surface area (Å²) in [6, 6.07) is 6.45. The van der Waals surface area contributed by atoms with E-state index < -0.39 is 22.7 Å². The quantitative estimate of drug-likeness (QED) is 0.485. The van der Waals surface area contributed by atoms with Crippen molar-refractivity contribution in [3.8, 4) is 0 Å². The Kier molecular flexibility index (Phi) is 4.12. The molecule has 1 aromatic heterocycles. The first-order chi connectivity index (χ1) is 11.9. The molecule has 0 saturated heterocycles. The summed E-state index contributed by atoms with van der Waals surface area (Å²) in [5.41, 5.74) is 2.37. The van der Waals surface area contributed by atoms with E-state index in [4.69, 9.17) is 4.74 Å². The number of rotatable bonds is 3. The lowest BCUT2D eigenvalue weighted by atomic mass is 9.76. The number of benzene rings is 1. The Morgan fingerprint density at radius 1 is 1.32 bits per heavy atom.